The maximum atomic E-state index is 12.6. The zero-order chi connectivity index (χ0) is 14.9. The standard InChI is InChI=1S/C16H26N2O2/c1-10(2)7-8-18-14(12-5-6-12)15(19)17-13(16(18)20)9-11(3)4/h7,11-14H,5-6,8-9H2,1-4H3,(H,17,19). The molecule has 1 saturated heterocycles. The number of nitrogens with one attached hydrogen (secondary N) is 1. The van der Waals surface area contributed by atoms with Crippen LogP contribution in [-0.2, 0) is 9.59 Å². The van der Waals surface area contributed by atoms with Gasteiger partial charge in [0.05, 0.1) is 0 Å². The summed E-state index contributed by atoms with van der Waals surface area (Å²) < 4.78 is 0. The van der Waals surface area contributed by atoms with Crippen molar-refractivity contribution in [3.8, 4) is 0 Å². The van der Waals surface area contributed by atoms with Gasteiger partial charge in [-0.1, -0.05) is 25.5 Å². The highest BCUT2D eigenvalue weighted by Crippen LogP contribution is 2.37. The van der Waals surface area contributed by atoms with Gasteiger partial charge in [-0.3, -0.25) is 9.59 Å². The fourth-order valence-electron chi connectivity index (χ4n) is 2.79. The van der Waals surface area contributed by atoms with Crippen LogP contribution in [0.25, 0.3) is 0 Å². The van der Waals surface area contributed by atoms with Crippen molar-refractivity contribution in [2.24, 2.45) is 11.8 Å². The zero-order valence-electron chi connectivity index (χ0n) is 13.0. The summed E-state index contributed by atoms with van der Waals surface area (Å²) >= 11 is 0. The van der Waals surface area contributed by atoms with Crippen molar-refractivity contribution < 1.29 is 9.59 Å². The molecule has 0 spiro atoms. The number of hydrogen-bond donors (Lipinski definition) is 1. The summed E-state index contributed by atoms with van der Waals surface area (Å²) in [5, 5.41) is 2.94. The van der Waals surface area contributed by atoms with E-state index in [-0.39, 0.29) is 23.9 Å². The molecule has 112 valence electrons. The Labute approximate surface area is 121 Å². The molecular weight excluding hydrogens is 252 g/mol. The second-order valence-corrected chi connectivity index (χ2v) is 6.75. The molecular formula is C16H26N2O2. The van der Waals surface area contributed by atoms with Gasteiger partial charge in [0.1, 0.15) is 12.1 Å². The van der Waals surface area contributed by atoms with Crippen molar-refractivity contribution in [2.75, 3.05) is 6.54 Å². The SMILES string of the molecule is CC(C)=CCN1C(=O)C(CC(C)C)NC(=O)C1C1CC1. The van der Waals surface area contributed by atoms with E-state index in [4.69, 9.17) is 0 Å². The van der Waals surface area contributed by atoms with Gasteiger partial charge in [0.25, 0.3) is 0 Å². The predicted molar refractivity (Wildman–Crippen MR) is 79.0 cm³/mol. The molecule has 1 aliphatic heterocycles. The van der Waals surface area contributed by atoms with E-state index >= 15 is 0 Å². The normalized spacial score (nSPS) is 26.8. The Balaban J connectivity index is 2.16. The van der Waals surface area contributed by atoms with E-state index in [0.717, 1.165) is 12.8 Å². The summed E-state index contributed by atoms with van der Waals surface area (Å²) in [4.78, 5) is 26.8. The fourth-order valence-corrected chi connectivity index (χ4v) is 2.79. The first kappa shape index (κ1) is 15.1. The van der Waals surface area contributed by atoms with Gasteiger partial charge >= 0.3 is 0 Å². The van der Waals surface area contributed by atoms with Gasteiger partial charge in [-0.15, -0.1) is 0 Å². The van der Waals surface area contributed by atoms with Crippen molar-refractivity contribution in [1.82, 2.24) is 10.2 Å². The molecule has 1 saturated carbocycles. The zero-order valence-corrected chi connectivity index (χ0v) is 13.0. The van der Waals surface area contributed by atoms with Crippen LogP contribution >= 0.6 is 0 Å². The summed E-state index contributed by atoms with van der Waals surface area (Å²) in [6, 6.07) is -0.593. The first-order chi connectivity index (χ1) is 9.40. The van der Waals surface area contributed by atoms with Crippen LogP contribution in [-0.4, -0.2) is 35.3 Å². The lowest BCUT2D eigenvalue weighted by Crippen LogP contribution is -2.64. The molecule has 1 heterocycles. The first-order valence-corrected chi connectivity index (χ1v) is 7.64. The topological polar surface area (TPSA) is 49.4 Å². The third-order valence-corrected chi connectivity index (χ3v) is 3.97. The minimum absolute atomic E-state index is 0.0416. The van der Waals surface area contributed by atoms with Crippen molar-refractivity contribution in [2.45, 2.75) is 59.0 Å². The minimum atomic E-state index is -0.344. The average Bonchev–Trinajstić information content (AvgIpc) is 3.14. The van der Waals surface area contributed by atoms with E-state index in [1.807, 2.05) is 19.9 Å². The van der Waals surface area contributed by atoms with E-state index in [1.54, 1.807) is 4.90 Å². The van der Waals surface area contributed by atoms with E-state index in [0.29, 0.717) is 24.8 Å². The molecule has 2 aliphatic rings. The van der Waals surface area contributed by atoms with Crippen LogP contribution in [0.2, 0.25) is 0 Å². The Morgan fingerprint density at radius 1 is 1.35 bits per heavy atom. The molecule has 2 atom stereocenters. The van der Waals surface area contributed by atoms with Crippen molar-refractivity contribution >= 4 is 11.8 Å². The Hall–Kier alpha value is -1.32. The van der Waals surface area contributed by atoms with Crippen LogP contribution in [0.4, 0.5) is 0 Å². The number of carbonyl (C=O) groups excluding carboxylic acids is 2. The lowest BCUT2D eigenvalue weighted by atomic mass is 9.96. The number of hydrogen-bond acceptors (Lipinski definition) is 2. The largest absolute Gasteiger partial charge is 0.342 e. The van der Waals surface area contributed by atoms with Crippen molar-refractivity contribution in [3.05, 3.63) is 11.6 Å². The average molecular weight is 278 g/mol. The van der Waals surface area contributed by atoms with Crippen LogP contribution < -0.4 is 5.32 Å². The van der Waals surface area contributed by atoms with Crippen LogP contribution in [0.1, 0.15) is 47.0 Å². The Kier molecular flexibility index (Phi) is 4.51. The van der Waals surface area contributed by atoms with E-state index in [9.17, 15) is 9.59 Å². The number of piperazine rings is 1. The molecule has 1 aliphatic carbocycles. The van der Waals surface area contributed by atoms with E-state index < -0.39 is 0 Å². The maximum Gasteiger partial charge on any atom is 0.246 e. The third-order valence-electron chi connectivity index (χ3n) is 3.97. The highest BCUT2D eigenvalue weighted by Gasteiger charge is 2.47. The lowest BCUT2D eigenvalue weighted by molar-refractivity contribution is -0.150. The van der Waals surface area contributed by atoms with Gasteiger partial charge in [-0.05, 0) is 44.9 Å². The second kappa shape index (κ2) is 5.98. The first-order valence-electron chi connectivity index (χ1n) is 7.64. The Morgan fingerprint density at radius 2 is 2.00 bits per heavy atom. The van der Waals surface area contributed by atoms with Crippen LogP contribution in [0.15, 0.2) is 11.6 Å². The molecule has 0 aromatic heterocycles. The molecule has 2 fully saturated rings. The number of amides is 2. The van der Waals surface area contributed by atoms with Gasteiger partial charge in [0.2, 0.25) is 11.8 Å². The van der Waals surface area contributed by atoms with Gasteiger partial charge in [0, 0.05) is 6.54 Å². The summed E-state index contributed by atoms with van der Waals surface area (Å²) in [6.45, 7) is 8.75. The van der Waals surface area contributed by atoms with Crippen LogP contribution in [0, 0.1) is 11.8 Å². The number of carbonyl (C=O) groups is 2. The summed E-state index contributed by atoms with van der Waals surface area (Å²) in [5.74, 6) is 0.893. The molecule has 4 nitrogen and oxygen atoms in total. The molecule has 2 amide bonds. The molecule has 4 heteroatoms. The molecule has 1 N–H and O–H groups in total. The van der Waals surface area contributed by atoms with E-state index in [1.165, 1.54) is 5.57 Å². The smallest absolute Gasteiger partial charge is 0.246 e. The van der Waals surface area contributed by atoms with Gasteiger partial charge in [-0.2, -0.15) is 0 Å². The number of rotatable bonds is 5. The van der Waals surface area contributed by atoms with Crippen molar-refractivity contribution in [1.29, 1.82) is 0 Å². The summed E-state index contributed by atoms with van der Waals surface area (Å²) in [6.07, 6.45) is 4.88. The molecule has 2 unspecified atom stereocenters. The number of nitrogens with zero attached hydrogens (tertiary/aromatic N) is 1. The van der Waals surface area contributed by atoms with Gasteiger partial charge < -0.3 is 10.2 Å². The van der Waals surface area contributed by atoms with Crippen molar-refractivity contribution in [3.63, 3.8) is 0 Å². The molecule has 0 bridgehead atoms. The quantitative estimate of drug-likeness (QED) is 0.783. The monoisotopic (exact) mass is 278 g/mol. The molecule has 0 aromatic rings. The highest BCUT2D eigenvalue weighted by atomic mass is 16.2. The summed E-state index contributed by atoms with van der Waals surface area (Å²) in [5.41, 5.74) is 1.18. The maximum absolute atomic E-state index is 12.6. The lowest BCUT2D eigenvalue weighted by Gasteiger charge is -2.39. The second-order valence-electron chi connectivity index (χ2n) is 6.75. The number of allylic oxidation sites excluding steroid dienone is 1. The summed E-state index contributed by atoms with van der Waals surface area (Å²) in [7, 11) is 0. The minimum Gasteiger partial charge on any atom is -0.342 e. The van der Waals surface area contributed by atoms with Gasteiger partial charge in [0.15, 0.2) is 0 Å². The third kappa shape index (κ3) is 3.41. The Bertz CT molecular complexity index is 420. The molecule has 2 rings (SSSR count). The van der Waals surface area contributed by atoms with E-state index in [2.05, 4.69) is 19.2 Å². The molecule has 0 aromatic carbocycles. The molecule has 0 radical (unpaired) electrons. The van der Waals surface area contributed by atoms with Gasteiger partial charge in [-0.25, -0.2) is 0 Å². The predicted octanol–water partition coefficient (Wildman–Crippen LogP) is 2.10. The highest BCUT2D eigenvalue weighted by molar-refractivity contribution is 5.97. The Morgan fingerprint density at radius 3 is 2.50 bits per heavy atom. The van der Waals surface area contributed by atoms with Crippen LogP contribution in [0.5, 0.6) is 0 Å². The van der Waals surface area contributed by atoms with Crippen LogP contribution in [0.3, 0.4) is 0 Å². The molecule has 20 heavy (non-hydrogen) atoms. The fraction of sp³-hybridized carbons (Fsp3) is 0.750.